The second-order valence-electron chi connectivity index (χ2n) is 5.28. The van der Waals surface area contributed by atoms with Gasteiger partial charge in [0.15, 0.2) is 5.52 Å². The molecule has 0 aliphatic heterocycles. The van der Waals surface area contributed by atoms with Crippen LogP contribution in [-0.4, -0.2) is 27.1 Å². The molecule has 0 radical (unpaired) electrons. The van der Waals surface area contributed by atoms with Crippen molar-refractivity contribution >= 4 is 10.9 Å². The van der Waals surface area contributed by atoms with Gasteiger partial charge in [-0.1, -0.05) is 6.07 Å². The summed E-state index contributed by atoms with van der Waals surface area (Å²) in [4.78, 5) is 0. The number of hydrogen-bond donors (Lipinski definition) is 0. The van der Waals surface area contributed by atoms with Crippen molar-refractivity contribution in [3.05, 3.63) is 40.7 Å². The van der Waals surface area contributed by atoms with Crippen molar-refractivity contribution in [2.45, 2.75) is 27.7 Å². The van der Waals surface area contributed by atoms with Crippen LogP contribution in [-0.2, 0) is 0 Å². The van der Waals surface area contributed by atoms with E-state index in [0.29, 0.717) is 5.88 Å². The van der Waals surface area contributed by atoms with Gasteiger partial charge in [0.2, 0.25) is 0 Å². The van der Waals surface area contributed by atoms with Crippen LogP contribution in [0.4, 0.5) is 0 Å². The molecule has 0 unspecified atom stereocenters. The summed E-state index contributed by atoms with van der Waals surface area (Å²) in [5.74, 6) is 0.460. The highest BCUT2D eigenvalue weighted by molar-refractivity contribution is 5.87. The summed E-state index contributed by atoms with van der Waals surface area (Å²) in [5, 5.41) is 13.9. The first-order valence-electron chi connectivity index (χ1n) is 6.87. The number of ether oxygens (including phenoxy) is 1. The van der Waals surface area contributed by atoms with Crippen LogP contribution in [0.5, 0.6) is 5.88 Å². The number of rotatable bonds is 2. The molecule has 3 rings (SSSR count). The smallest absolute Gasteiger partial charge is 0.261 e. The van der Waals surface area contributed by atoms with Gasteiger partial charge in [0, 0.05) is 0 Å². The maximum absolute atomic E-state index is 5.28. The Labute approximate surface area is 123 Å². The number of benzene rings is 1. The first kappa shape index (κ1) is 13.5. The molecule has 1 aromatic carbocycles. The lowest BCUT2D eigenvalue weighted by Crippen LogP contribution is -1.99. The van der Waals surface area contributed by atoms with Crippen LogP contribution in [0, 0.1) is 27.7 Å². The molecule has 0 amide bonds. The minimum absolute atomic E-state index is 0.460. The normalized spacial score (nSPS) is 11.1. The van der Waals surface area contributed by atoms with E-state index in [1.165, 1.54) is 11.1 Å². The Morgan fingerprint density at radius 1 is 1.00 bits per heavy atom. The second-order valence-corrected chi connectivity index (χ2v) is 5.28. The Morgan fingerprint density at radius 3 is 2.43 bits per heavy atom. The number of methoxy groups -OCH3 is 1. The molecule has 21 heavy (non-hydrogen) atoms. The minimum Gasteiger partial charge on any atom is -0.478 e. The molecule has 5 heteroatoms. The van der Waals surface area contributed by atoms with Gasteiger partial charge in [-0.2, -0.15) is 10.2 Å². The largest absolute Gasteiger partial charge is 0.478 e. The van der Waals surface area contributed by atoms with E-state index >= 15 is 0 Å². The summed E-state index contributed by atoms with van der Waals surface area (Å²) in [6.45, 7) is 8.19. The van der Waals surface area contributed by atoms with E-state index in [1.54, 1.807) is 7.11 Å². The Morgan fingerprint density at radius 2 is 1.76 bits per heavy atom. The van der Waals surface area contributed by atoms with Gasteiger partial charge in [0.25, 0.3) is 5.88 Å². The van der Waals surface area contributed by atoms with Crippen molar-refractivity contribution in [3.8, 4) is 11.6 Å². The SMILES string of the molecule is COc1nnc(C)c2c(C)n(-c3ccc(C)c(C)c3)nc12. The van der Waals surface area contributed by atoms with E-state index in [9.17, 15) is 0 Å². The zero-order chi connectivity index (χ0) is 15.1. The van der Waals surface area contributed by atoms with Crippen LogP contribution < -0.4 is 4.74 Å². The van der Waals surface area contributed by atoms with Crippen LogP contribution in [0.25, 0.3) is 16.6 Å². The first-order chi connectivity index (χ1) is 10.0. The number of hydrogen-bond acceptors (Lipinski definition) is 4. The summed E-state index contributed by atoms with van der Waals surface area (Å²) in [6, 6.07) is 6.32. The summed E-state index contributed by atoms with van der Waals surface area (Å²) < 4.78 is 7.21. The van der Waals surface area contributed by atoms with Crippen LogP contribution in [0.2, 0.25) is 0 Å². The standard InChI is InChI=1S/C16H18N4O/c1-9-6-7-13(8-10(9)2)20-12(4)14-11(3)17-18-16(21-5)15(14)19-20/h6-8H,1-5H3. The molecule has 0 fully saturated rings. The van der Waals surface area contributed by atoms with Gasteiger partial charge in [-0.05, 0) is 51.0 Å². The van der Waals surface area contributed by atoms with Crippen LogP contribution in [0.3, 0.4) is 0 Å². The molecule has 3 aromatic rings. The third-order valence-corrected chi connectivity index (χ3v) is 3.90. The Hall–Kier alpha value is -2.43. The molecule has 0 aliphatic carbocycles. The van der Waals surface area contributed by atoms with Gasteiger partial charge in [-0.15, -0.1) is 5.10 Å². The van der Waals surface area contributed by atoms with Crippen LogP contribution in [0.1, 0.15) is 22.5 Å². The minimum atomic E-state index is 0.460. The van der Waals surface area contributed by atoms with Gasteiger partial charge >= 0.3 is 0 Å². The van der Waals surface area contributed by atoms with Crippen molar-refractivity contribution in [3.63, 3.8) is 0 Å². The molecule has 0 saturated carbocycles. The van der Waals surface area contributed by atoms with Gasteiger partial charge in [0.1, 0.15) is 0 Å². The summed E-state index contributed by atoms with van der Waals surface area (Å²) in [5.41, 5.74) is 6.20. The Balaban J connectivity index is 2.31. The molecule has 0 N–H and O–H groups in total. The fourth-order valence-corrected chi connectivity index (χ4v) is 2.55. The van der Waals surface area contributed by atoms with Gasteiger partial charge in [-0.25, -0.2) is 4.68 Å². The molecular weight excluding hydrogens is 264 g/mol. The average Bonchev–Trinajstić information content (AvgIpc) is 2.81. The number of aryl methyl sites for hydroxylation is 4. The Kier molecular flexibility index (Phi) is 3.12. The molecule has 108 valence electrons. The zero-order valence-electron chi connectivity index (χ0n) is 12.9. The predicted octanol–water partition coefficient (Wildman–Crippen LogP) is 3.06. The molecule has 2 heterocycles. The van der Waals surface area contributed by atoms with E-state index in [-0.39, 0.29) is 0 Å². The third-order valence-electron chi connectivity index (χ3n) is 3.90. The monoisotopic (exact) mass is 282 g/mol. The average molecular weight is 282 g/mol. The molecule has 0 spiro atoms. The molecule has 0 atom stereocenters. The molecule has 0 saturated heterocycles. The topological polar surface area (TPSA) is 52.8 Å². The number of nitrogens with zero attached hydrogens (tertiary/aromatic N) is 4. The van der Waals surface area contributed by atoms with Gasteiger partial charge < -0.3 is 4.74 Å². The van der Waals surface area contributed by atoms with Crippen molar-refractivity contribution < 1.29 is 4.74 Å². The highest BCUT2D eigenvalue weighted by Crippen LogP contribution is 2.28. The summed E-state index contributed by atoms with van der Waals surface area (Å²) in [6.07, 6.45) is 0. The van der Waals surface area contributed by atoms with Crippen LogP contribution >= 0.6 is 0 Å². The van der Waals surface area contributed by atoms with Gasteiger partial charge in [0.05, 0.1) is 29.6 Å². The maximum Gasteiger partial charge on any atom is 0.261 e. The van der Waals surface area contributed by atoms with E-state index in [2.05, 4.69) is 47.3 Å². The van der Waals surface area contributed by atoms with Crippen LogP contribution in [0.15, 0.2) is 18.2 Å². The van der Waals surface area contributed by atoms with E-state index in [0.717, 1.165) is 28.0 Å². The highest BCUT2D eigenvalue weighted by Gasteiger charge is 2.17. The third kappa shape index (κ3) is 2.05. The molecule has 2 aromatic heterocycles. The lowest BCUT2D eigenvalue weighted by Gasteiger charge is -2.07. The van der Waals surface area contributed by atoms with E-state index in [4.69, 9.17) is 4.74 Å². The molecule has 0 bridgehead atoms. The fraction of sp³-hybridized carbons (Fsp3) is 0.312. The highest BCUT2D eigenvalue weighted by atomic mass is 16.5. The molecule has 5 nitrogen and oxygen atoms in total. The van der Waals surface area contributed by atoms with E-state index < -0.39 is 0 Å². The second kappa shape index (κ2) is 4.84. The van der Waals surface area contributed by atoms with Crippen molar-refractivity contribution in [2.75, 3.05) is 7.11 Å². The maximum atomic E-state index is 5.28. The lowest BCUT2D eigenvalue weighted by atomic mass is 10.1. The summed E-state index contributed by atoms with van der Waals surface area (Å²) >= 11 is 0. The lowest BCUT2D eigenvalue weighted by molar-refractivity contribution is 0.396. The fourth-order valence-electron chi connectivity index (χ4n) is 2.55. The van der Waals surface area contributed by atoms with Crippen molar-refractivity contribution in [1.82, 2.24) is 20.0 Å². The zero-order valence-corrected chi connectivity index (χ0v) is 12.9. The van der Waals surface area contributed by atoms with Gasteiger partial charge in [-0.3, -0.25) is 0 Å². The quantitative estimate of drug-likeness (QED) is 0.725. The summed E-state index contributed by atoms with van der Waals surface area (Å²) in [7, 11) is 1.59. The van der Waals surface area contributed by atoms with Crippen molar-refractivity contribution in [2.24, 2.45) is 0 Å². The molecule has 0 aliphatic rings. The number of fused-ring (bicyclic) bond motifs is 1. The first-order valence-corrected chi connectivity index (χ1v) is 6.87. The van der Waals surface area contributed by atoms with E-state index in [1.807, 2.05) is 18.5 Å². The van der Waals surface area contributed by atoms with Crippen molar-refractivity contribution in [1.29, 1.82) is 0 Å². The predicted molar refractivity (Wildman–Crippen MR) is 82.2 cm³/mol. The molecular formula is C16H18N4O. The Bertz CT molecular complexity index is 836. The number of aromatic nitrogens is 4.